The molecule has 106 valence electrons. The third-order valence-corrected chi connectivity index (χ3v) is 2.65. The molecule has 0 spiro atoms. The molecule has 2 rings (SSSR count). The number of nitrogen functional groups attached to an aromatic ring is 1. The summed E-state index contributed by atoms with van der Waals surface area (Å²) < 4.78 is 12.3. The Bertz CT molecular complexity index is 607. The molecule has 0 aliphatic rings. The first-order chi connectivity index (χ1) is 9.60. The summed E-state index contributed by atoms with van der Waals surface area (Å²) in [6.45, 7) is 2.38. The first kappa shape index (κ1) is 13.9. The molecule has 2 aromatic rings. The van der Waals surface area contributed by atoms with Gasteiger partial charge >= 0.3 is 5.97 Å². The molecule has 0 radical (unpaired) electrons. The molecular weight excluding hydrogens is 258 g/mol. The molecule has 0 amide bonds. The Kier molecular flexibility index (Phi) is 4.24. The lowest BCUT2D eigenvalue weighted by Gasteiger charge is -2.11. The Morgan fingerprint density at radius 1 is 1.45 bits per heavy atom. The molecule has 6 heteroatoms. The summed E-state index contributed by atoms with van der Waals surface area (Å²) in [6, 6.07) is 4.86. The molecule has 1 heterocycles. The van der Waals surface area contributed by atoms with Crippen LogP contribution in [0.1, 0.15) is 22.8 Å². The summed E-state index contributed by atoms with van der Waals surface area (Å²) in [6.07, 6.45) is 3.55. The smallest absolute Gasteiger partial charge is 0.341 e. The minimum atomic E-state index is -0.423. The molecule has 2 N–H and O–H groups in total. The molecule has 20 heavy (non-hydrogen) atoms. The first-order valence-corrected chi connectivity index (χ1v) is 6.27. The van der Waals surface area contributed by atoms with Crippen LogP contribution in [0, 0.1) is 0 Å². The van der Waals surface area contributed by atoms with Gasteiger partial charge in [-0.15, -0.1) is 0 Å². The van der Waals surface area contributed by atoms with E-state index < -0.39 is 5.97 Å². The van der Waals surface area contributed by atoms with Crippen molar-refractivity contribution in [2.45, 2.75) is 13.5 Å². The lowest BCUT2D eigenvalue weighted by molar-refractivity contribution is 0.0521. The van der Waals surface area contributed by atoms with E-state index in [1.807, 2.05) is 13.2 Å². The van der Waals surface area contributed by atoms with Gasteiger partial charge in [0, 0.05) is 30.6 Å². The van der Waals surface area contributed by atoms with Gasteiger partial charge in [0.2, 0.25) is 0 Å². The number of nitrogens with zero attached hydrogens (tertiary/aromatic N) is 2. The lowest BCUT2D eigenvalue weighted by atomic mass is 10.2. The van der Waals surface area contributed by atoms with Crippen LogP contribution in [-0.2, 0) is 18.4 Å². The van der Waals surface area contributed by atoms with E-state index in [0.717, 1.165) is 5.56 Å². The van der Waals surface area contributed by atoms with Crippen LogP contribution in [0.25, 0.3) is 0 Å². The monoisotopic (exact) mass is 275 g/mol. The third-order valence-electron chi connectivity index (χ3n) is 2.65. The van der Waals surface area contributed by atoms with Crippen molar-refractivity contribution < 1.29 is 14.3 Å². The van der Waals surface area contributed by atoms with E-state index in [2.05, 4.69) is 5.10 Å². The summed E-state index contributed by atoms with van der Waals surface area (Å²) in [7, 11) is 1.83. The molecule has 0 saturated heterocycles. The zero-order chi connectivity index (χ0) is 14.5. The van der Waals surface area contributed by atoms with Crippen LogP contribution in [0.15, 0.2) is 30.6 Å². The van der Waals surface area contributed by atoms with Gasteiger partial charge in [-0.1, -0.05) is 0 Å². The van der Waals surface area contributed by atoms with E-state index in [4.69, 9.17) is 15.2 Å². The molecule has 6 nitrogen and oxygen atoms in total. The normalized spacial score (nSPS) is 10.3. The number of carbonyl (C=O) groups is 1. The van der Waals surface area contributed by atoms with E-state index in [0.29, 0.717) is 30.2 Å². The van der Waals surface area contributed by atoms with E-state index in [1.54, 1.807) is 36.0 Å². The summed E-state index contributed by atoms with van der Waals surface area (Å²) in [4.78, 5) is 11.8. The number of hydrogen-bond donors (Lipinski definition) is 1. The number of ether oxygens (including phenoxy) is 2. The highest BCUT2D eigenvalue weighted by Crippen LogP contribution is 2.23. The minimum absolute atomic E-state index is 0.309. The lowest BCUT2D eigenvalue weighted by Crippen LogP contribution is -2.08. The van der Waals surface area contributed by atoms with Gasteiger partial charge in [-0.05, 0) is 19.1 Å². The number of rotatable bonds is 5. The molecule has 0 atom stereocenters. The fourth-order valence-corrected chi connectivity index (χ4v) is 1.74. The molecule has 1 aromatic heterocycles. The van der Waals surface area contributed by atoms with Gasteiger partial charge in [0.05, 0.1) is 12.8 Å². The summed E-state index contributed by atoms with van der Waals surface area (Å²) in [5, 5.41) is 4.05. The number of aryl methyl sites for hydroxylation is 1. The van der Waals surface area contributed by atoms with Crippen molar-refractivity contribution in [3.8, 4) is 5.75 Å². The Morgan fingerprint density at radius 2 is 2.25 bits per heavy atom. The number of esters is 1. The van der Waals surface area contributed by atoms with Crippen molar-refractivity contribution in [2.24, 2.45) is 7.05 Å². The fraction of sp³-hybridized carbons (Fsp3) is 0.286. The fourth-order valence-electron chi connectivity index (χ4n) is 1.74. The highest BCUT2D eigenvalue weighted by atomic mass is 16.5. The SMILES string of the molecule is CCOC(=O)c1ccc(N)cc1OCc1cnn(C)c1. The van der Waals surface area contributed by atoms with E-state index >= 15 is 0 Å². The minimum Gasteiger partial charge on any atom is -0.488 e. The third kappa shape index (κ3) is 3.28. The topological polar surface area (TPSA) is 79.4 Å². The van der Waals surface area contributed by atoms with Crippen LogP contribution in [-0.4, -0.2) is 22.4 Å². The largest absolute Gasteiger partial charge is 0.488 e. The van der Waals surface area contributed by atoms with Crippen molar-refractivity contribution in [1.29, 1.82) is 0 Å². The second kappa shape index (κ2) is 6.10. The zero-order valence-electron chi connectivity index (χ0n) is 11.5. The van der Waals surface area contributed by atoms with Crippen LogP contribution in [0.3, 0.4) is 0 Å². The second-order valence-electron chi connectivity index (χ2n) is 4.29. The summed E-state index contributed by atoms with van der Waals surface area (Å²) in [5.74, 6) is -0.0130. The predicted molar refractivity (Wildman–Crippen MR) is 74.4 cm³/mol. The number of aromatic nitrogens is 2. The second-order valence-corrected chi connectivity index (χ2v) is 4.29. The quantitative estimate of drug-likeness (QED) is 0.664. The number of anilines is 1. The first-order valence-electron chi connectivity index (χ1n) is 6.27. The van der Waals surface area contributed by atoms with E-state index in [1.165, 1.54) is 0 Å². The van der Waals surface area contributed by atoms with Gasteiger partial charge in [0.1, 0.15) is 17.9 Å². The van der Waals surface area contributed by atoms with Crippen LogP contribution < -0.4 is 10.5 Å². The number of hydrogen-bond acceptors (Lipinski definition) is 5. The van der Waals surface area contributed by atoms with Crippen molar-refractivity contribution in [2.75, 3.05) is 12.3 Å². The molecule has 0 unspecified atom stereocenters. The molecule has 0 saturated carbocycles. The highest BCUT2D eigenvalue weighted by Gasteiger charge is 2.14. The van der Waals surface area contributed by atoms with E-state index in [9.17, 15) is 4.79 Å². The predicted octanol–water partition coefficient (Wildman–Crippen LogP) is 1.76. The van der Waals surface area contributed by atoms with Crippen molar-refractivity contribution in [3.63, 3.8) is 0 Å². The maximum absolute atomic E-state index is 11.8. The van der Waals surface area contributed by atoms with Crippen molar-refractivity contribution in [1.82, 2.24) is 9.78 Å². The number of nitrogens with two attached hydrogens (primary N) is 1. The molecule has 1 aromatic carbocycles. The van der Waals surface area contributed by atoms with Gasteiger partial charge in [-0.3, -0.25) is 4.68 Å². The maximum atomic E-state index is 11.8. The Labute approximate surface area is 117 Å². The summed E-state index contributed by atoms with van der Waals surface area (Å²) in [5.41, 5.74) is 7.53. The van der Waals surface area contributed by atoms with Gasteiger partial charge in [0.15, 0.2) is 0 Å². The highest BCUT2D eigenvalue weighted by molar-refractivity contribution is 5.93. The van der Waals surface area contributed by atoms with Gasteiger partial charge in [-0.2, -0.15) is 5.10 Å². The van der Waals surface area contributed by atoms with Crippen LogP contribution in [0.5, 0.6) is 5.75 Å². The molecule has 0 bridgehead atoms. The van der Waals surface area contributed by atoms with E-state index in [-0.39, 0.29) is 0 Å². The van der Waals surface area contributed by atoms with Gasteiger partial charge < -0.3 is 15.2 Å². The number of carbonyl (C=O) groups excluding carboxylic acids is 1. The Morgan fingerprint density at radius 3 is 2.90 bits per heavy atom. The van der Waals surface area contributed by atoms with Gasteiger partial charge in [-0.25, -0.2) is 4.79 Å². The van der Waals surface area contributed by atoms with Gasteiger partial charge in [0.25, 0.3) is 0 Å². The van der Waals surface area contributed by atoms with Crippen molar-refractivity contribution in [3.05, 3.63) is 41.7 Å². The maximum Gasteiger partial charge on any atom is 0.341 e. The zero-order valence-corrected chi connectivity index (χ0v) is 11.5. The average molecular weight is 275 g/mol. The Balaban J connectivity index is 2.16. The number of benzene rings is 1. The molecule has 0 fully saturated rings. The molecule has 0 aliphatic carbocycles. The van der Waals surface area contributed by atoms with Crippen LogP contribution in [0.4, 0.5) is 5.69 Å². The summed E-state index contributed by atoms with van der Waals surface area (Å²) >= 11 is 0. The molecule has 0 aliphatic heterocycles. The van der Waals surface area contributed by atoms with Crippen LogP contribution in [0.2, 0.25) is 0 Å². The Hall–Kier alpha value is -2.50. The van der Waals surface area contributed by atoms with Crippen molar-refractivity contribution >= 4 is 11.7 Å². The van der Waals surface area contributed by atoms with Crippen LogP contribution >= 0.6 is 0 Å². The standard InChI is InChI=1S/C14H17N3O3/c1-3-19-14(18)12-5-4-11(15)6-13(12)20-9-10-7-16-17(2)8-10/h4-8H,3,9,15H2,1-2H3. The average Bonchev–Trinajstić information content (AvgIpc) is 2.82. The molecular formula is C14H17N3O3.